The fraction of sp³-hybridized carbons (Fsp3) is 0.667. The van der Waals surface area contributed by atoms with Gasteiger partial charge in [-0.05, 0) is 19.3 Å². The maximum atomic E-state index is 11.4. The van der Waals surface area contributed by atoms with E-state index in [-0.39, 0.29) is 0 Å². The quantitative estimate of drug-likeness (QED) is 0.476. The van der Waals surface area contributed by atoms with Crippen LogP contribution in [0.3, 0.4) is 0 Å². The number of hydrogen-bond acceptors (Lipinski definition) is 4. The van der Waals surface area contributed by atoms with Gasteiger partial charge in [0.1, 0.15) is 6.04 Å². The molecule has 0 spiro atoms. The van der Waals surface area contributed by atoms with Crippen LogP contribution in [-0.4, -0.2) is 47.5 Å². The van der Waals surface area contributed by atoms with Gasteiger partial charge in [0.25, 0.3) is 0 Å². The number of rotatable bonds is 1. The molecule has 0 aromatic rings. The Morgan fingerprint density at radius 2 is 2.00 bits per heavy atom. The van der Waals surface area contributed by atoms with E-state index in [1.54, 1.807) is 0 Å². The Morgan fingerprint density at radius 3 is 2.53 bits per heavy atom. The summed E-state index contributed by atoms with van der Waals surface area (Å²) in [6, 6.07) is -0.898. The van der Waals surface area contributed by atoms with Crippen molar-refractivity contribution in [2.24, 2.45) is 0 Å². The molecule has 0 aliphatic carbocycles. The zero-order valence-corrected chi connectivity index (χ0v) is 8.43. The number of methoxy groups -OCH3 is 1. The molecule has 1 unspecified atom stereocenters. The van der Waals surface area contributed by atoms with Crippen LogP contribution in [0.15, 0.2) is 0 Å². The predicted molar refractivity (Wildman–Crippen MR) is 49.0 cm³/mol. The molecule has 1 heterocycles. The van der Waals surface area contributed by atoms with Crippen molar-refractivity contribution >= 4 is 17.8 Å². The molecule has 1 rings (SSSR count). The van der Waals surface area contributed by atoms with Gasteiger partial charge < -0.3 is 14.7 Å². The molecule has 1 saturated heterocycles. The van der Waals surface area contributed by atoms with Crippen LogP contribution in [0.2, 0.25) is 0 Å². The zero-order chi connectivity index (χ0) is 11.4. The van der Waals surface area contributed by atoms with Gasteiger partial charge in [-0.1, -0.05) is 0 Å². The summed E-state index contributed by atoms with van der Waals surface area (Å²) in [5, 5.41) is 8.87. The first-order valence-electron chi connectivity index (χ1n) is 4.69. The predicted octanol–water partition coefficient (Wildman–Crippen LogP) is -0.375. The number of carboxylic acids is 1. The van der Waals surface area contributed by atoms with Crippen LogP contribution in [-0.2, 0) is 19.1 Å². The minimum Gasteiger partial charge on any atom is -0.480 e. The Hall–Kier alpha value is -1.59. The summed E-state index contributed by atoms with van der Waals surface area (Å²) in [5.74, 6) is -2.96. The number of carboxylic acid groups (broad SMARTS) is 1. The largest absolute Gasteiger partial charge is 0.480 e. The number of hydrogen-bond donors (Lipinski definition) is 1. The Morgan fingerprint density at radius 1 is 1.33 bits per heavy atom. The molecule has 6 nitrogen and oxygen atoms in total. The second kappa shape index (κ2) is 4.77. The fourth-order valence-corrected chi connectivity index (χ4v) is 1.64. The molecular formula is C9H13NO5. The third-order valence-electron chi connectivity index (χ3n) is 2.41. The highest BCUT2D eigenvalue weighted by Crippen LogP contribution is 2.17. The molecule has 1 N–H and O–H groups in total. The summed E-state index contributed by atoms with van der Waals surface area (Å²) >= 11 is 0. The maximum absolute atomic E-state index is 11.4. The Balaban J connectivity index is 2.76. The van der Waals surface area contributed by atoms with E-state index in [1.165, 1.54) is 0 Å². The Labute approximate surface area is 86.8 Å². The first-order chi connectivity index (χ1) is 7.07. The summed E-state index contributed by atoms with van der Waals surface area (Å²) in [4.78, 5) is 34.3. The van der Waals surface area contributed by atoms with Crippen LogP contribution in [0.4, 0.5) is 0 Å². The topological polar surface area (TPSA) is 83.9 Å². The average Bonchev–Trinajstić information content (AvgIpc) is 2.27. The molecule has 0 bridgehead atoms. The van der Waals surface area contributed by atoms with Crippen molar-refractivity contribution in [1.29, 1.82) is 0 Å². The molecule has 84 valence electrons. The molecule has 6 heteroatoms. The monoisotopic (exact) mass is 215 g/mol. The molecule has 15 heavy (non-hydrogen) atoms. The lowest BCUT2D eigenvalue weighted by atomic mass is 10.0. The smallest absolute Gasteiger partial charge is 0.396 e. The van der Waals surface area contributed by atoms with E-state index in [0.29, 0.717) is 19.4 Å². The van der Waals surface area contributed by atoms with Gasteiger partial charge in [-0.25, -0.2) is 9.59 Å². The third kappa shape index (κ3) is 2.45. The summed E-state index contributed by atoms with van der Waals surface area (Å²) in [6.45, 7) is 0.297. The van der Waals surface area contributed by atoms with E-state index in [9.17, 15) is 14.4 Å². The molecule has 0 radical (unpaired) electrons. The van der Waals surface area contributed by atoms with Crippen molar-refractivity contribution in [3.8, 4) is 0 Å². The number of likely N-dealkylation sites (tertiary alicyclic amines) is 1. The van der Waals surface area contributed by atoms with Gasteiger partial charge in [-0.3, -0.25) is 4.79 Å². The zero-order valence-electron chi connectivity index (χ0n) is 8.43. The molecule has 0 aromatic carbocycles. The fourth-order valence-electron chi connectivity index (χ4n) is 1.64. The van der Waals surface area contributed by atoms with Crippen molar-refractivity contribution in [2.75, 3.05) is 13.7 Å². The normalized spacial score (nSPS) is 20.9. The average molecular weight is 215 g/mol. The lowest BCUT2D eigenvalue weighted by molar-refractivity contribution is -0.163. The first-order valence-corrected chi connectivity index (χ1v) is 4.69. The van der Waals surface area contributed by atoms with Crippen molar-refractivity contribution in [3.05, 3.63) is 0 Å². The van der Waals surface area contributed by atoms with Gasteiger partial charge in [0, 0.05) is 6.54 Å². The number of aliphatic carboxylic acids is 1. The van der Waals surface area contributed by atoms with E-state index < -0.39 is 23.9 Å². The number of carbonyl (C=O) groups excluding carboxylic acids is 2. The maximum Gasteiger partial charge on any atom is 0.396 e. The minimum atomic E-state index is -1.08. The van der Waals surface area contributed by atoms with E-state index in [0.717, 1.165) is 18.4 Å². The lowest BCUT2D eigenvalue weighted by Gasteiger charge is -2.31. The van der Waals surface area contributed by atoms with Gasteiger partial charge in [0.05, 0.1) is 7.11 Å². The first kappa shape index (κ1) is 11.5. The molecule has 1 fully saturated rings. The summed E-state index contributed by atoms with van der Waals surface area (Å²) in [6.07, 6.45) is 1.85. The van der Waals surface area contributed by atoms with Crippen molar-refractivity contribution < 1.29 is 24.2 Å². The molecule has 1 atom stereocenters. The molecule has 0 aromatic heterocycles. The number of ether oxygens (including phenoxy) is 1. The molecule has 1 aliphatic rings. The summed E-state index contributed by atoms with van der Waals surface area (Å²) in [7, 11) is 1.10. The molecule has 1 aliphatic heterocycles. The Bertz CT molecular complexity index is 288. The highest BCUT2D eigenvalue weighted by molar-refractivity contribution is 6.32. The van der Waals surface area contributed by atoms with E-state index >= 15 is 0 Å². The molecular weight excluding hydrogens is 202 g/mol. The molecule has 1 amide bonds. The van der Waals surface area contributed by atoms with Gasteiger partial charge in [-0.15, -0.1) is 0 Å². The van der Waals surface area contributed by atoms with Gasteiger partial charge >= 0.3 is 17.8 Å². The second-order valence-electron chi connectivity index (χ2n) is 3.34. The third-order valence-corrected chi connectivity index (χ3v) is 2.41. The van der Waals surface area contributed by atoms with E-state index in [1.807, 2.05) is 0 Å². The van der Waals surface area contributed by atoms with Crippen molar-refractivity contribution in [2.45, 2.75) is 25.3 Å². The second-order valence-corrected chi connectivity index (χ2v) is 3.34. The van der Waals surface area contributed by atoms with Gasteiger partial charge in [0.15, 0.2) is 0 Å². The van der Waals surface area contributed by atoms with Crippen LogP contribution in [0.1, 0.15) is 19.3 Å². The lowest BCUT2D eigenvalue weighted by Crippen LogP contribution is -2.50. The summed E-state index contributed by atoms with van der Waals surface area (Å²) in [5.41, 5.74) is 0. The number of amides is 1. The highest BCUT2D eigenvalue weighted by Gasteiger charge is 2.35. The van der Waals surface area contributed by atoms with Gasteiger partial charge in [0.2, 0.25) is 0 Å². The van der Waals surface area contributed by atoms with Crippen molar-refractivity contribution in [3.63, 3.8) is 0 Å². The van der Waals surface area contributed by atoms with Crippen LogP contribution >= 0.6 is 0 Å². The molecule has 0 saturated carbocycles. The Kier molecular flexibility index (Phi) is 3.65. The standard InChI is InChI=1S/C9H13NO5/c1-15-9(14)7(11)10-5-3-2-4-6(10)8(12)13/h6H,2-5H2,1H3,(H,12,13). The highest BCUT2D eigenvalue weighted by atomic mass is 16.5. The van der Waals surface area contributed by atoms with Gasteiger partial charge in [-0.2, -0.15) is 0 Å². The van der Waals surface area contributed by atoms with Crippen LogP contribution in [0.5, 0.6) is 0 Å². The number of esters is 1. The number of piperidine rings is 1. The van der Waals surface area contributed by atoms with Crippen LogP contribution in [0.25, 0.3) is 0 Å². The van der Waals surface area contributed by atoms with Crippen molar-refractivity contribution in [1.82, 2.24) is 4.90 Å². The number of nitrogens with zero attached hydrogens (tertiary/aromatic N) is 1. The van der Waals surface area contributed by atoms with E-state index in [4.69, 9.17) is 5.11 Å². The van der Waals surface area contributed by atoms with Crippen LogP contribution in [0, 0.1) is 0 Å². The SMILES string of the molecule is COC(=O)C(=O)N1CCCCC1C(=O)O. The van der Waals surface area contributed by atoms with E-state index in [2.05, 4.69) is 4.74 Å². The number of carbonyl (C=O) groups is 3. The van der Waals surface area contributed by atoms with Crippen LogP contribution < -0.4 is 0 Å². The summed E-state index contributed by atoms with van der Waals surface area (Å²) < 4.78 is 4.27. The minimum absolute atomic E-state index is 0.297.